The fourth-order valence-electron chi connectivity index (χ4n) is 1.07. The van der Waals surface area contributed by atoms with Crippen molar-refractivity contribution in [1.82, 2.24) is 0 Å². The first-order valence-electron chi connectivity index (χ1n) is 3.55. The molecule has 0 radical (unpaired) electrons. The molecule has 0 saturated carbocycles. The maximum absolute atomic E-state index is 2.25. The minimum absolute atomic E-state index is 0. The van der Waals surface area contributed by atoms with Gasteiger partial charge in [-0.15, -0.1) is 0 Å². The van der Waals surface area contributed by atoms with E-state index in [1.807, 2.05) is 0 Å². The quantitative estimate of drug-likeness (QED) is 0.472. The van der Waals surface area contributed by atoms with E-state index in [4.69, 9.17) is 0 Å². The zero-order valence-corrected chi connectivity index (χ0v) is 8.68. The average Bonchev–Trinajstić information content (AvgIpc) is 2.17. The highest BCUT2D eigenvalue weighted by atomic mass is 127. The monoisotopic (exact) mass is 248 g/mol. The molecule has 0 spiro atoms. The van der Waals surface area contributed by atoms with Gasteiger partial charge in [0.1, 0.15) is 0 Å². The van der Waals surface area contributed by atoms with Gasteiger partial charge in [-0.25, -0.2) is 0 Å². The summed E-state index contributed by atoms with van der Waals surface area (Å²) >= 11 is 0. The van der Waals surface area contributed by atoms with Crippen LogP contribution in [-0.2, 0) is 0 Å². The Morgan fingerprint density at radius 3 is 2.60 bits per heavy atom. The van der Waals surface area contributed by atoms with Gasteiger partial charge in [-0.1, -0.05) is 6.92 Å². The molecule has 1 aliphatic rings. The highest BCUT2D eigenvalue weighted by molar-refractivity contribution is 5.39. The third-order valence-electron chi connectivity index (χ3n) is 1.51. The Hall–Kier alpha value is 0.0800. The van der Waals surface area contributed by atoms with Crippen molar-refractivity contribution in [3.63, 3.8) is 0 Å². The Balaban J connectivity index is 0.000000810. The summed E-state index contributed by atoms with van der Waals surface area (Å²) in [5, 5.41) is 0. The molecule has 0 aromatic rings. The molecule has 0 bridgehead atoms. The zero-order valence-electron chi connectivity index (χ0n) is 6.52. The van der Waals surface area contributed by atoms with Crippen LogP contribution in [0.25, 0.3) is 0 Å². The summed E-state index contributed by atoms with van der Waals surface area (Å²) in [5.41, 5.74) is 1.48. The molecule has 0 saturated heterocycles. The molecule has 10 heavy (non-hydrogen) atoms. The van der Waals surface area contributed by atoms with Gasteiger partial charge in [-0.3, -0.25) is 0 Å². The van der Waals surface area contributed by atoms with E-state index in [0.29, 0.717) is 0 Å². The highest BCUT2D eigenvalue weighted by Gasteiger charge is 2.12. The van der Waals surface area contributed by atoms with Gasteiger partial charge in [0.2, 0.25) is 0 Å². The van der Waals surface area contributed by atoms with Crippen molar-refractivity contribution in [2.24, 2.45) is 0 Å². The van der Waals surface area contributed by atoms with Gasteiger partial charge < -0.3 is 24.0 Å². The minimum Gasteiger partial charge on any atom is -1.00 e. The smallest absolute Gasteiger partial charge is 0.0934 e. The second-order valence-electron chi connectivity index (χ2n) is 2.55. The molecule has 0 aliphatic heterocycles. The molecular weight excluding hydrogens is 235 g/mol. The normalized spacial score (nSPS) is 15.0. The van der Waals surface area contributed by atoms with Gasteiger partial charge in [0.25, 0.3) is 0 Å². The molecule has 0 N–H and O–H groups in total. The van der Waals surface area contributed by atoms with E-state index in [2.05, 4.69) is 32.1 Å². The maximum atomic E-state index is 2.25. The lowest BCUT2D eigenvalue weighted by atomic mass is 10.1. The highest BCUT2D eigenvalue weighted by Crippen LogP contribution is 2.19. The number of hydrogen-bond acceptors (Lipinski definition) is 0. The van der Waals surface area contributed by atoms with Crippen LogP contribution < -0.4 is 24.0 Å². The van der Waals surface area contributed by atoms with Crippen LogP contribution in [0.1, 0.15) is 26.7 Å². The summed E-state index contributed by atoms with van der Waals surface area (Å²) in [6.45, 7) is 4.35. The molecule has 0 atom stereocenters. The van der Waals surface area contributed by atoms with Crippen molar-refractivity contribution >= 4 is 0 Å². The van der Waals surface area contributed by atoms with Gasteiger partial charge in [0, 0.05) is 13.3 Å². The Labute approximate surface area is 80.4 Å². The first-order chi connectivity index (χ1) is 4.33. The summed E-state index contributed by atoms with van der Waals surface area (Å²) in [7, 11) is 0. The van der Waals surface area contributed by atoms with Crippen LogP contribution in [0, 0.1) is 5.92 Å². The molecule has 0 fully saturated rings. The van der Waals surface area contributed by atoms with Gasteiger partial charge in [-0.05, 0) is 6.42 Å². The van der Waals surface area contributed by atoms with E-state index in [0.717, 1.165) is 0 Å². The van der Waals surface area contributed by atoms with E-state index in [9.17, 15) is 0 Å². The second kappa shape index (κ2) is 4.83. The van der Waals surface area contributed by atoms with Gasteiger partial charge in [-0.2, -0.15) is 0 Å². The molecule has 1 rings (SSSR count). The van der Waals surface area contributed by atoms with Gasteiger partial charge in [0.05, 0.1) is 29.7 Å². The number of rotatable bonds is 2. The predicted octanol–water partition coefficient (Wildman–Crippen LogP) is -0.119. The third-order valence-corrected chi connectivity index (χ3v) is 1.51. The summed E-state index contributed by atoms with van der Waals surface area (Å²) in [5.74, 6) is 1.39. The van der Waals surface area contributed by atoms with Crippen LogP contribution in [0.2, 0.25) is 0 Å². The standard InChI is InChI=1S/C9H13.HI/c1-3-4-9-6-5-8(2)7-9;/h5-7H,3-4H2,1-2H3;1H/q+1;/p-1. The van der Waals surface area contributed by atoms with Crippen molar-refractivity contribution in [2.75, 3.05) is 0 Å². The first-order valence-corrected chi connectivity index (χ1v) is 3.55. The van der Waals surface area contributed by atoms with E-state index < -0.39 is 0 Å². The Kier molecular flexibility index (Phi) is 4.87. The fraction of sp³-hybridized carbons (Fsp3) is 0.444. The van der Waals surface area contributed by atoms with Crippen molar-refractivity contribution in [3.8, 4) is 0 Å². The third kappa shape index (κ3) is 2.78. The second-order valence-corrected chi connectivity index (χ2v) is 2.55. The molecule has 0 nitrogen and oxygen atoms in total. The summed E-state index contributed by atoms with van der Waals surface area (Å²) < 4.78 is 0. The van der Waals surface area contributed by atoms with Crippen LogP contribution in [-0.4, -0.2) is 0 Å². The maximum Gasteiger partial charge on any atom is 0.0934 e. The lowest BCUT2D eigenvalue weighted by molar-refractivity contribution is -0.00000200. The largest absolute Gasteiger partial charge is 1.00 e. The van der Waals surface area contributed by atoms with Crippen molar-refractivity contribution in [1.29, 1.82) is 0 Å². The molecule has 0 aromatic heterocycles. The summed E-state index contributed by atoms with van der Waals surface area (Å²) in [6.07, 6.45) is 9.12. The molecule has 0 unspecified atom stereocenters. The van der Waals surface area contributed by atoms with Crippen LogP contribution in [0.15, 0.2) is 23.8 Å². The summed E-state index contributed by atoms with van der Waals surface area (Å²) in [4.78, 5) is 0. The molecule has 0 heterocycles. The fourth-order valence-corrected chi connectivity index (χ4v) is 1.07. The van der Waals surface area contributed by atoms with Crippen molar-refractivity contribution < 1.29 is 24.0 Å². The summed E-state index contributed by atoms with van der Waals surface area (Å²) in [6, 6.07) is 0. The molecule has 1 aliphatic carbocycles. The molecular formula is C9H13I. The van der Waals surface area contributed by atoms with Gasteiger partial charge >= 0.3 is 0 Å². The van der Waals surface area contributed by atoms with Crippen molar-refractivity contribution in [3.05, 3.63) is 29.7 Å². The first kappa shape index (κ1) is 10.1. The van der Waals surface area contributed by atoms with Crippen LogP contribution in [0.5, 0.6) is 0 Å². The topological polar surface area (TPSA) is 0 Å². The van der Waals surface area contributed by atoms with Crippen molar-refractivity contribution in [2.45, 2.75) is 26.7 Å². The van der Waals surface area contributed by atoms with E-state index >= 15 is 0 Å². The van der Waals surface area contributed by atoms with E-state index in [1.165, 1.54) is 24.3 Å². The lowest BCUT2D eigenvalue weighted by Gasteiger charge is -1.83. The SMILES string of the molecule is CCCC1=C[C+](C)C=C1.[I-]. The molecule has 0 amide bonds. The molecule has 0 aromatic carbocycles. The average molecular weight is 248 g/mol. The van der Waals surface area contributed by atoms with Crippen LogP contribution in [0.3, 0.4) is 0 Å². The molecule has 56 valence electrons. The Morgan fingerprint density at radius 2 is 2.20 bits per heavy atom. The Bertz CT molecular complexity index is 145. The van der Waals surface area contributed by atoms with Crippen LogP contribution >= 0.6 is 0 Å². The number of allylic oxidation sites excluding steroid dienone is 4. The number of hydrogen-bond donors (Lipinski definition) is 0. The zero-order chi connectivity index (χ0) is 6.69. The van der Waals surface area contributed by atoms with Crippen LogP contribution in [0.4, 0.5) is 0 Å². The lowest BCUT2D eigenvalue weighted by Crippen LogP contribution is -3.00. The predicted molar refractivity (Wildman–Crippen MR) is 41.0 cm³/mol. The number of halogens is 1. The Morgan fingerprint density at radius 1 is 1.50 bits per heavy atom. The van der Waals surface area contributed by atoms with Gasteiger partial charge in [0.15, 0.2) is 0 Å². The van der Waals surface area contributed by atoms with E-state index in [-0.39, 0.29) is 24.0 Å². The van der Waals surface area contributed by atoms with E-state index in [1.54, 1.807) is 0 Å². The molecule has 1 heteroatoms. The minimum atomic E-state index is 0.